The Morgan fingerprint density at radius 2 is 1.61 bits per heavy atom. The molecule has 5 heteroatoms. The minimum atomic E-state index is -0.981. The van der Waals surface area contributed by atoms with Gasteiger partial charge >= 0.3 is 12.0 Å². The van der Waals surface area contributed by atoms with Crippen molar-refractivity contribution in [2.75, 3.05) is 13.1 Å². The number of aliphatic carboxylic acids is 1. The van der Waals surface area contributed by atoms with E-state index in [9.17, 15) is 14.7 Å². The largest absolute Gasteiger partial charge is 0.480 e. The minimum absolute atomic E-state index is 0.251. The van der Waals surface area contributed by atoms with Gasteiger partial charge in [-0.3, -0.25) is 0 Å². The van der Waals surface area contributed by atoms with Gasteiger partial charge in [-0.25, -0.2) is 9.59 Å². The predicted octanol–water partition coefficient (Wildman–Crippen LogP) is 2.07. The maximum absolute atomic E-state index is 12.1. The maximum Gasteiger partial charge on any atom is 0.326 e. The molecule has 1 saturated heterocycles. The lowest BCUT2D eigenvalue weighted by Gasteiger charge is -2.30. The molecule has 0 aliphatic carbocycles. The van der Waals surface area contributed by atoms with E-state index >= 15 is 0 Å². The number of carbonyl (C=O) groups is 2. The van der Waals surface area contributed by atoms with Gasteiger partial charge in [-0.2, -0.15) is 0 Å². The van der Waals surface area contributed by atoms with Crippen molar-refractivity contribution in [1.29, 1.82) is 0 Å². The number of amides is 2. The average Bonchev–Trinajstić information content (AvgIpc) is 2.51. The monoisotopic (exact) mass is 256 g/mol. The smallest absolute Gasteiger partial charge is 0.326 e. The molecule has 18 heavy (non-hydrogen) atoms. The van der Waals surface area contributed by atoms with Crippen LogP contribution in [0.25, 0.3) is 0 Å². The molecule has 0 spiro atoms. The van der Waals surface area contributed by atoms with Crippen molar-refractivity contribution in [3.8, 4) is 0 Å². The number of hydrogen-bond acceptors (Lipinski definition) is 2. The second-order valence-corrected chi connectivity index (χ2v) is 5.99. The predicted molar refractivity (Wildman–Crippen MR) is 69.5 cm³/mol. The molecule has 0 unspecified atom stereocenters. The van der Waals surface area contributed by atoms with Gasteiger partial charge in [0.25, 0.3) is 0 Å². The normalized spacial score (nSPS) is 18.9. The van der Waals surface area contributed by atoms with Gasteiger partial charge in [0.2, 0.25) is 0 Å². The lowest BCUT2D eigenvalue weighted by Crippen LogP contribution is -2.53. The molecule has 0 radical (unpaired) electrons. The van der Waals surface area contributed by atoms with Crippen LogP contribution in [0.1, 0.15) is 46.5 Å². The molecule has 0 saturated carbocycles. The van der Waals surface area contributed by atoms with E-state index in [1.165, 1.54) is 0 Å². The molecule has 2 N–H and O–H groups in total. The summed E-state index contributed by atoms with van der Waals surface area (Å²) in [6.07, 6.45) is 4.29. The van der Waals surface area contributed by atoms with E-state index in [-0.39, 0.29) is 6.03 Å². The van der Waals surface area contributed by atoms with Crippen molar-refractivity contribution >= 4 is 12.0 Å². The quantitative estimate of drug-likeness (QED) is 0.794. The summed E-state index contributed by atoms with van der Waals surface area (Å²) in [7, 11) is 0. The molecule has 0 aromatic heterocycles. The van der Waals surface area contributed by atoms with E-state index in [2.05, 4.69) is 5.32 Å². The second-order valence-electron chi connectivity index (χ2n) is 5.99. The molecule has 0 aromatic carbocycles. The summed E-state index contributed by atoms with van der Waals surface area (Å²) in [6, 6.07) is -1.10. The molecule has 1 aliphatic heterocycles. The summed E-state index contributed by atoms with van der Waals surface area (Å²) >= 11 is 0. The van der Waals surface area contributed by atoms with Crippen LogP contribution in [0.2, 0.25) is 0 Å². The van der Waals surface area contributed by atoms with Crippen molar-refractivity contribution in [3.63, 3.8) is 0 Å². The van der Waals surface area contributed by atoms with Crippen LogP contribution in [0.4, 0.5) is 4.79 Å². The van der Waals surface area contributed by atoms with Crippen LogP contribution >= 0.6 is 0 Å². The molecule has 2 amide bonds. The number of carbonyl (C=O) groups excluding carboxylic acids is 1. The molecule has 0 aromatic rings. The summed E-state index contributed by atoms with van der Waals surface area (Å²) in [5.74, 6) is -0.981. The number of carboxylic acid groups (broad SMARTS) is 1. The van der Waals surface area contributed by atoms with E-state index in [4.69, 9.17) is 0 Å². The first kappa shape index (κ1) is 14.8. The Labute approximate surface area is 109 Å². The van der Waals surface area contributed by atoms with Gasteiger partial charge in [0, 0.05) is 13.1 Å². The van der Waals surface area contributed by atoms with Gasteiger partial charge < -0.3 is 15.3 Å². The number of nitrogens with one attached hydrogen (secondary N) is 1. The minimum Gasteiger partial charge on any atom is -0.480 e. The Hall–Kier alpha value is -1.26. The van der Waals surface area contributed by atoms with Crippen LogP contribution in [0.5, 0.6) is 0 Å². The third-order valence-electron chi connectivity index (χ3n) is 3.27. The highest BCUT2D eigenvalue weighted by atomic mass is 16.4. The van der Waals surface area contributed by atoms with Crippen molar-refractivity contribution in [2.45, 2.75) is 52.5 Å². The van der Waals surface area contributed by atoms with Crippen LogP contribution in [0.15, 0.2) is 0 Å². The van der Waals surface area contributed by atoms with Gasteiger partial charge in [0.05, 0.1) is 0 Å². The number of hydrogen-bond donors (Lipinski definition) is 2. The Bertz CT molecular complexity index is 302. The molecule has 5 nitrogen and oxygen atoms in total. The van der Waals surface area contributed by atoms with Crippen LogP contribution in [0, 0.1) is 5.41 Å². The van der Waals surface area contributed by atoms with Gasteiger partial charge in [0.1, 0.15) is 6.04 Å². The number of rotatable bonds is 2. The zero-order valence-electron chi connectivity index (χ0n) is 11.5. The van der Waals surface area contributed by atoms with E-state index in [1.807, 2.05) is 20.8 Å². The van der Waals surface area contributed by atoms with Crippen LogP contribution < -0.4 is 5.32 Å². The lowest BCUT2D eigenvalue weighted by molar-refractivity contribution is -0.142. The average molecular weight is 256 g/mol. The fraction of sp³-hybridized carbons (Fsp3) is 0.846. The van der Waals surface area contributed by atoms with E-state index in [0.29, 0.717) is 0 Å². The lowest BCUT2D eigenvalue weighted by atomic mass is 9.87. The zero-order chi connectivity index (χ0) is 13.8. The Morgan fingerprint density at radius 3 is 2.00 bits per heavy atom. The van der Waals surface area contributed by atoms with Gasteiger partial charge in [-0.15, -0.1) is 0 Å². The standard InChI is InChI=1S/C13H24N2O3/c1-13(2,3)10(11(16)17)14-12(18)15-8-6-4-5-7-9-15/h10H,4-9H2,1-3H3,(H,14,18)(H,16,17)/t10-/m1/s1. The zero-order valence-corrected chi connectivity index (χ0v) is 11.5. The third-order valence-corrected chi connectivity index (χ3v) is 3.27. The Morgan fingerprint density at radius 1 is 1.11 bits per heavy atom. The van der Waals surface area contributed by atoms with Gasteiger partial charge in [0.15, 0.2) is 0 Å². The highest BCUT2D eigenvalue weighted by molar-refractivity contribution is 5.83. The molecule has 1 fully saturated rings. The van der Waals surface area contributed by atoms with Crippen molar-refractivity contribution in [3.05, 3.63) is 0 Å². The van der Waals surface area contributed by atoms with E-state index in [1.54, 1.807) is 4.90 Å². The first-order valence-corrected chi connectivity index (χ1v) is 6.60. The summed E-state index contributed by atoms with van der Waals surface area (Å²) in [5, 5.41) is 11.8. The molecular formula is C13H24N2O3. The van der Waals surface area contributed by atoms with Crippen molar-refractivity contribution in [2.24, 2.45) is 5.41 Å². The first-order chi connectivity index (χ1) is 8.32. The molecular weight excluding hydrogens is 232 g/mol. The molecule has 1 atom stereocenters. The first-order valence-electron chi connectivity index (χ1n) is 6.60. The van der Waals surface area contributed by atoms with E-state index < -0.39 is 17.4 Å². The maximum atomic E-state index is 12.1. The van der Waals surface area contributed by atoms with Gasteiger partial charge in [-0.1, -0.05) is 33.6 Å². The summed E-state index contributed by atoms with van der Waals surface area (Å²) in [6.45, 7) is 6.89. The number of urea groups is 1. The van der Waals surface area contributed by atoms with Crippen molar-refractivity contribution < 1.29 is 14.7 Å². The summed E-state index contributed by atoms with van der Waals surface area (Å²) in [4.78, 5) is 25.0. The number of nitrogens with zero attached hydrogens (tertiary/aromatic N) is 1. The van der Waals surface area contributed by atoms with Crippen molar-refractivity contribution in [1.82, 2.24) is 10.2 Å². The SMILES string of the molecule is CC(C)(C)[C@H](NC(=O)N1CCCCCC1)C(=O)O. The molecule has 104 valence electrons. The Balaban J connectivity index is 2.63. The van der Waals surface area contributed by atoms with Crippen LogP contribution in [0.3, 0.4) is 0 Å². The number of likely N-dealkylation sites (tertiary alicyclic amines) is 1. The molecule has 0 bridgehead atoms. The number of carboxylic acids is 1. The summed E-state index contributed by atoms with van der Waals surface area (Å²) < 4.78 is 0. The topological polar surface area (TPSA) is 69.6 Å². The third kappa shape index (κ3) is 4.20. The second kappa shape index (κ2) is 6.07. The summed E-state index contributed by atoms with van der Waals surface area (Å²) in [5.41, 5.74) is -0.493. The fourth-order valence-corrected chi connectivity index (χ4v) is 2.14. The molecule has 1 rings (SSSR count). The Kier molecular flexibility index (Phi) is 4.99. The molecule has 1 heterocycles. The fourth-order valence-electron chi connectivity index (χ4n) is 2.14. The van der Waals surface area contributed by atoms with E-state index in [0.717, 1.165) is 38.8 Å². The highest BCUT2D eigenvalue weighted by Crippen LogP contribution is 2.20. The molecule has 1 aliphatic rings. The van der Waals surface area contributed by atoms with Gasteiger partial charge in [-0.05, 0) is 18.3 Å². The van der Waals surface area contributed by atoms with Crippen LogP contribution in [-0.4, -0.2) is 41.1 Å². The van der Waals surface area contributed by atoms with Crippen LogP contribution in [-0.2, 0) is 4.79 Å². The highest BCUT2D eigenvalue weighted by Gasteiger charge is 2.33.